The second kappa shape index (κ2) is 8.99. The van der Waals surface area contributed by atoms with Crippen molar-refractivity contribution in [2.75, 3.05) is 12.8 Å². The van der Waals surface area contributed by atoms with Gasteiger partial charge in [0.15, 0.2) is 5.65 Å². The van der Waals surface area contributed by atoms with Gasteiger partial charge in [-0.3, -0.25) is 9.78 Å². The van der Waals surface area contributed by atoms with Crippen LogP contribution < -0.4 is 15.8 Å². The number of nitrogens with two attached hydrogens (primary N) is 1. The summed E-state index contributed by atoms with van der Waals surface area (Å²) in [6, 6.07) is 18.5. The molecule has 0 radical (unpaired) electrons. The van der Waals surface area contributed by atoms with Crippen LogP contribution in [0.3, 0.4) is 0 Å². The Morgan fingerprint density at radius 2 is 1.76 bits per heavy atom. The van der Waals surface area contributed by atoms with Crippen molar-refractivity contribution in [1.29, 1.82) is 0 Å². The molecule has 0 unspecified atom stereocenters. The molecule has 3 heterocycles. The summed E-state index contributed by atoms with van der Waals surface area (Å²) in [6.45, 7) is 0.316. The molecule has 0 aliphatic carbocycles. The third-order valence-electron chi connectivity index (χ3n) is 5.34. The van der Waals surface area contributed by atoms with Gasteiger partial charge in [-0.1, -0.05) is 24.3 Å². The van der Waals surface area contributed by atoms with Gasteiger partial charge in [-0.2, -0.15) is 9.78 Å². The van der Waals surface area contributed by atoms with Crippen LogP contribution in [0, 0.1) is 0 Å². The van der Waals surface area contributed by atoms with E-state index in [1.807, 2.05) is 60.7 Å². The fourth-order valence-corrected chi connectivity index (χ4v) is 3.58. The van der Waals surface area contributed by atoms with E-state index in [1.54, 1.807) is 25.7 Å². The molecule has 9 heteroatoms. The van der Waals surface area contributed by atoms with E-state index < -0.39 is 0 Å². The Morgan fingerprint density at radius 3 is 2.47 bits per heavy atom. The Bertz CT molecular complexity index is 1510. The standard InChI is InChI=1S/C25H21N7O2/c1-34-18-8-6-16(7-9-18)14-28-25(33)21-22-24(31-20-5-3-2-4-19(20)30-22)32(23(21)26)29-15-17-10-12-27-13-11-17/h2-13,15H,14,26H2,1H3,(H,28,33)/b29-15+. The number of methoxy groups -OCH3 is 1. The van der Waals surface area contributed by atoms with E-state index in [0.29, 0.717) is 28.7 Å². The van der Waals surface area contributed by atoms with Crippen molar-refractivity contribution in [2.24, 2.45) is 5.10 Å². The van der Waals surface area contributed by atoms with Gasteiger partial charge in [-0.25, -0.2) is 9.97 Å². The number of para-hydroxylation sites is 2. The number of carbonyl (C=O) groups is 1. The smallest absolute Gasteiger partial charge is 0.257 e. The van der Waals surface area contributed by atoms with Crippen molar-refractivity contribution in [3.63, 3.8) is 0 Å². The van der Waals surface area contributed by atoms with Crippen LogP contribution in [0.1, 0.15) is 21.5 Å². The first kappa shape index (κ1) is 21.1. The Labute approximate surface area is 194 Å². The van der Waals surface area contributed by atoms with Crippen LogP contribution in [0.15, 0.2) is 78.2 Å². The van der Waals surface area contributed by atoms with Crippen LogP contribution in [0.2, 0.25) is 0 Å². The molecule has 34 heavy (non-hydrogen) atoms. The highest BCUT2D eigenvalue weighted by atomic mass is 16.5. The molecular formula is C25H21N7O2. The van der Waals surface area contributed by atoms with Crippen molar-refractivity contribution in [2.45, 2.75) is 6.54 Å². The monoisotopic (exact) mass is 451 g/mol. The summed E-state index contributed by atoms with van der Waals surface area (Å²) in [7, 11) is 1.61. The van der Waals surface area contributed by atoms with E-state index in [2.05, 4.69) is 20.4 Å². The first-order valence-corrected chi connectivity index (χ1v) is 10.6. The molecule has 0 bridgehead atoms. The molecular weight excluding hydrogens is 430 g/mol. The van der Waals surface area contributed by atoms with Crippen molar-refractivity contribution >= 4 is 40.1 Å². The first-order chi connectivity index (χ1) is 16.6. The largest absolute Gasteiger partial charge is 0.497 e. The zero-order valence-electron chi connectivity index (χ0n) is 18.3. The molecule has 0 fully saturated rings. The van der Waals surface area contributed by atoms with E-state index in [0.717, 1.165) is 16.9 Å². The SMILES string of the molecule is COc1ccc(CNC(=O)c2c(N)n(/N=C/c3ccncc3)c3nc4ccccc4nc23)cc1. The van der Waals surface area contributed by atoms with Gasteiger partial charge in [0, 0.05) is 18.9 Å². The molecule has 2 aromatic carbocycles. The number of aromatic nitrogens is 4. The van der Waals surface area contributed by atoms with Crippen LogP contribution in [0.5, 0.6) is 5.75 Å². The maximum atomic E-state index is 13.2. The van der Waals surface area contributed by atoms with Crippen LogP contribution in [0.25, 0.3) is 22.2 Å². The van der Waals surface area contributed by atoms with Gasteiger partial charge < -0.3 is 15.8 Å². The lowest BCUT2D eigenvalue weighted by Gasteiger charge is -2.06. The number of ether oxygens (including phenoxy) is 1. The highest BCUT2D eigenvalue weighted by molar-refractivity contribution is 6.10. The second-order valence-electron chi connectivity index (χ2n) is 7.51. The zero-order chi connectivity index (χ0) is 23.5. The van der Waals surface area contributed by atoms with Gasteiger partial charge in [0.2, 0.25) is 0 Å². The van der Waals surface area contributed by atoms with E-state index in [1.165, 1.54) is 4.68 Å². The van der Waals surface area contributed by atoms with E-state index >= 15 is 0 Å². The number of pyridine rings is 1. The van der Waals surface area contributed by atoms with Gasteiger partial charge in [-0.15, -0.1) is 0 Å². The molecule has 9 nitrogen and oxygen atoms in total. The van der Waals surface area contributed by atoms with Crippen molar-refractivity contribution in [3.8, 4) is 5.75 Å². The molecule has 0 aliphatic heterocycles. The summed E-state index contributed by atoms with van der Waals surface area (Å²) >= 11 is 0. The van der Waals surface area contributed by atoms with Gasteiger partial charge in [0.1, 0.15) is 22.6 Å². The van der Waals surface area contributed by atoms with Crippen LogP contribution in [0.4, 0.5) is 5.82 Å². The number of rotatable bonds is 6. The molecule has 5 aromatic rings. The molecule has 0 spiro atoms. The quantitative estimate of drug-likeness (QED) is 0.382. The number of hydrogen-bond donors (Lipinski definition) is 2. The van der Waals surface area contributed by atoms with Crippen molar-refractivity contribution in [3.05, 3.63) is 89.7 Å². The van der Waals surface area contributed by atoms with Crippen molar-refractivity contribution in [1.82, 2.24) is 24.9 Å². The highest BCUT2D eigenvalue weighted by Crippen LogP contribution is 2.28. The number of anilines is 1. The molecule has 3 aromatic heterocycles. The number of hydrogen-bond acceptors (Lipinski definition) is 7. The lowest BCUT2D eigenvalue weighted by molar-refractivity contribution is 0.0953. The number of nitrogens with zero attached hydrogens (tertiary/aromatic N) is 5. The average molecular weight is 451 g/mol. The minimum Gasteiger partial charge on any atom is -0.497 e. The minimum atomic E-state index is -0.360. The Kier molecular flexibility index (Phi) is 5.57. The second-order valence-corrected chi connectivity index (χ2v) is 7.51. The first-order valence-electron chi connectivity index (χ1n) is 10.6. The number of benzene rings is 2. The molecule has 0 aliphatic rings. The van der Waals surface area contributed by atoms with Gasteiger partial charge in [-0.05, 0) is 47.5 Å². The molecule has 3 N–H and O–H groups in total. The average Bonchev–Trinajstić information content (AvgIpc) is 3.15. The van der Waals surface area contributed by atoms with Gasteiger partial charge in [0.25, 0.3) is 5.91 Å². The number of nitrogens with one attached hydrogen (secondary N) is 1. The lowest BCUT2D eigenvalue weighted by Crippen LogP contribution is -2.23. The molecule has 0 saturated carbocycles. The minimum absolute atomic E-state index is 0.155. The fourth-order valence-electron chi connectivity index (χ4n) is 3.58. The number of amides is 1. The number of carbonyl (C=O) groups excluding carboxylic acids is 1. The highest BCUT2D eigenvalue weighted by Gasteiger charge is 2.24. The molecule has 168 valence electrons. The predicted octanol–water partition coefficient (Wildman–Crippen LogP) is 3.38. The summed E-state index contributed by atoms with van der Waals surface area (Å²) in [4.78, 5) is 26.6. The Hall–Kier alpha value is -4.79. The van der Waals surface area contributed by atoms with Gasteiger partial charge >= 0.3 is 0 Å². The predicted molar refractivity (Wildman–Crippen MR) is 131 cm³/mol. The Balaban J connectivity index is 1.55. The molecule has 0 atom stereocenters. The maximum Gasteiger partial charge on any atom is 0.257 e. The lowest BCUT2D eigenvalue weighted by atomic mass is 10.2. The third kappa shape index (κ3) is 4.02. The van der Waals surface area contributed by atoms with Crippen LogP contribution in [-0.4, -0.2) is 38.9 Å². The summed E-state index contributed by atoms with van der Waals surface area (Å²) in [5.74, 6) is 0.542. The summed E-state index contributed by atoms with van der Waals surface area (Å²) in [5.41, 5.74) is 10.5. The zero-order valence-corrected chi connectivity index (χ0v) is 18.3. The topological polar surface area (TPSA) is 120 Å². The normalized spacial score (nSPS) is 11.3. The Morgan fingerprint density at radius 1 is 1.06 bits per heavy atom. The molecule has 1 amide bonds. The van der Waals surface area contributed by atoms with Gasteiger partial charge in [0.05, 0.1) is 24.4 Å². The van der Waals surface area contributed by atoms with E-state index in [4.69, 9.17) is 15.5 Å². The number of fused-ring (bicyclic) bond motifs is 2. The van der Waals surface area contributed by atoms with Crippen molar-refractivity contribution < 1.29 is 9.53 Å². The summed E-state index contributed by atoms with van der Waals surface area (Å²) < 4.78 is 6.62. The van der Waals surface area contributed by atoms with E-state index in [9.17, 15) is 4.79 Å². The third-order valence-corrected chi connectivity index (χ3v) is 5.34. The maximum absolute atomic E-state index is 13.2. The van der Waals surface area contributed by atoms with E-state index in [-0.39, 0.29) is 17.3 Å². The van der Waals surface area contributed by atoms with Crippen LogP contribution in [-0.2, 0) is 6.54 Å². The molecule has 5 rings (SSSR count). The summed E-state index contributed by atoms with van der Waals surface area (Å²) in [6.07, 6.45) is 4.97. The van der Waals surface area contributed by atoms with Crippen LogP contribution >= 0.6 is 0 Å². The fraction of sp³-hybridized carbons (Fsp3) is 0.0800. The number of nitrogen functional groups attached to an aromatic ring is 1. The molecule has 0 saturated heterocycles. The summed E-state index contributed by atoms with van der Waals surface area (Å²) in [5, 5.41) is 7.41.